The highest BCUT2D eigenvalue weighted by atomic mass is 79.9. The average Bonchev–Trinajstić information content (AvgIpc) is 3.21. The third kappa shape index (κ3) is 4.72. The summed E-state index contributed by atoms with van der Waals surface area (Å²) in [4.78, 5) is 5.43. The van der Waals surface area contributed by atoms with E-state index in [1.165, 1.54) is 0 Å². The smallest absolute Gasteiger partial charge is 0.345 e. The monoisotopic (exact) mass is 465 g/mol. The van der Waals surface area contributed by atoms with Gasteiger partial charge in [-0.1, -0.05) is 17.7 Å². The zero-order chi connectivity index (χ0) is 18.7. The van der Waals surface area contributed by atoms with Gasteiger partial charge in [0.1, 0.15) is 16.4 Å². The number of aromatic nitrogens is 1. The van der Waals surface area contributed by atoms with Gasteiger partial charge in [0, 0.05) is 30.0 Å². The molecule has 5 nitrogen and oxygen atoms in total. The van der Waals surface area contributed by atoms with Crippen LogP contribution in [0.1, 0.15) is 10.6 Å². The van der Waals surface area contributed by atoms with Gasteiger partial charge in [-0.3, -0.25) is 0 Å². The quantitative estimate of drug-likeness (QED) is 0.456. The lowest BCUT2D eigenvalue weighted by Gasteiger charge is -2.10. The summed E-state index contributed by atoms with van der Waals surface area (Å²) in [5, 5.41) is 5.59. The summed E-state index contributed by atoms with van der Waals surface area (Å²) in [6.07, 6.45) is 0.214. The van der Waals surface area contributed by atoms with Crippen molar-refractivity contribution in [1.82, 2.24) is 4.98 Å². The number of furan rings is 1. The Kier molecular flexibility index (Phi) is 6.46. The molecule has 0 radical (unpaired) electrons. The molecule has 0 saturated heterocycles. The van der Waals surface area contributed by atoms with E-state index in [0.717, 1.165) is 4.88 Å². The second kappa shape index (κ2) is 8.62. The molecule has 140 valence electrons. The number of rotatable bonds is 8. The molecule has 0 unspecified atom stereocenters. The molecule has 0 aliphatic rings. The van der Waals surface area contributed by atoms with Crippen molar-refractivity contribution in [3.63, 3.8) is 0 Å². The molecule has 0 aromatic carbocycles. The molecule has 26 heavy (non-hydrogen) atoms. The average molecular weight is 467 g/mol. The Bertz CT molecular complexity index is 876. The van der Waals surface area contributed by atoms with Crippen molar-refractivity contribution >= 4 is 55.7 Å². The third-order valence-corrected chi connectivity index (χ3v) is 5.42. The molecule has 0 fully saturated rings. The Balaban J connectivity index is 1.83. The molecule has 3 aromatic rings. The van der Waals surface area contributed by atoms with E-state index in [2.05, 4.69) is 31.0 Å². The Morgan fingerprint density at radius 3 is 2.96 bits per heavy atom. The summed E-state index contributed by atoms with van der Waals surface area (Å²) in [5.41, 5.74) is 7.60. The van der Waals surface area contributed by atoms with Crippen LogP contribution < -0.4 is 11.1 Å². The van der Waals surface area contributed by atoms with Crippen LogP contribution in [0.3, 0.4) is 0 Å². The fourth-order valence-electron chi connectivity index (χ4n) is 2.41. The second-order valence-corrected chi connectivity index (χ2v) is 7.71. The Hall–Kier alpha value is -1.26. The van der Waals surface area contributed by atoms with Crippen LogP contribution in [0.4, 0.5) is 14.5 Å². The maximum absolute atomic E-state index is 12.1. The largest absolute Gasteiger partial charge is 0.456 e. The number of ether oxygens (including phenoxy) is 1. The molecule has 3 aromatic heterocycles. The fraction of sp³-hybridized carbons (Fsp3) is 0.312. The van der Waals surface area contributed by atoms with Crippen LogP contribution >= 0.6 is 38.9 Å². The highest BCUT2D eigenvalue weighted by Crippen LogP contribution is 2.36. The summed E-state index contributed by atoms with van der Waals surface area (Å²) < 4.78 is 35.0. The molecule has 0 aliphatic heterocycles. The normalized spacial score (nSPS) is 12.8. The molecule has 1 atom stereocenters. The number of halogens is 4. The van der Waals surface area contributed by atoms with E-state index in [0.29, 0.717) is 38.7 Å². The molecule has 3 rings (SSSR count). The lowest BCUT2D eigenvalue weighted by molar-refractivity contribution is -0.132. The van der Waals surface area contributed by atoms with E-state index in [1.807, 2.05) is 17.5 Å². The van der Waals surface area contributed by atoms with Crippen molar-refractivity contribution < 1.29 is 17.9 Å². The van der Waals surface area contributed by atoms with Gasteiger partial charge >= 0.3 is 6.61 Å². The minimum absolute atomic E-state index is 0.214. The summed E-state index contributed by atoms with van der Waals surface area (Å²) in [5.74, 6) is 0.499. The number of nitrogens with two attached hydrogens (primary N) is 1. The third-order valence-electron chi connectivity index (χ3n) is 3.54. The molecule has 0 spiro atoms. The van der Waals surface area contributed by atoms with E-state index in [-0.39, 0.29) is 13.0 Å². The minimum atomic E-state index is -2.85. The number of anilines is 1. The van der Waals surface area contributed by atoms with Gasteiger partial charge < -0.3 is 20.2 Å². The van der Waals surface area contributed by atoms with E-state index in [1.54, 1.807) is 17.4 Å². The minimum Gasteiger partial charge on any atom is -0.456 e. The lowest BCUT2D eigenvalue weighted by atomic mass is 10.2. The number of alkyl halides is 2. The first-order valence-corrected chi connectivity index (χ1v) is 9.68. The van der Waals surface area contributed by atoms with Crippen LogP contribution in [0.2, 0.25) is 5.15 Å². The predicted octanol–water partition coefficient (Wildman–Crippen LogP) is 5.03. The predicted molar refractivity (Wildman–Crippen MR) is 102 cm³/mol. The number of thiophene rings is 1. The van der Waals surface area contributed by atoms with Gasteiger partial charge in [0.25, 0.3) is 0 Å². The maximum atomic E-state index is 12.1. The molecule has 0 amide bonds. The summed E-state index contributed by atoms with van der Waals surface area (Å²) in [6, 6.07) is 5.03. The SMILES string of the molecule is N[C@@H](COC(F)F)Cc1oc2c(NCc3cccs3)cc(Cl)nc2c1Br. The van der Waals surface area contributed by atoms with Crippen LogP contribution in [-0.4, -0.2) is 24.2 Å². The maximum Gasteiger partial charge on any atom is 0.345 e. The zero-order valence-corrected chi connectivity index (χ0v) is 16.5. The van der Waals surface area contributed by atoms with Crippen molar-refractivity contribution in [3.05, 3.63) is 43.8 Å². The highest BCUT2D eigenvalue weighted by Gasteiger charge is 2.20. The van der Waals surface area contributed by atoms with Crippen molar-refractivity contribution in [3.8, 4) is 0 Å². The Morgan fingerprint density at radius 2 is 2.27 bits per heavy atom. The van der Waals surface area contributed by atoms with Crippen molar-refractivity contribution in [2.75, 3.05) is 11.9 Å². The van der Waals surface area contributed by atoms with Crippen LogP contribution in [0.15, 0.2) is 32.5 Å². The number of fused-ring (bicyclic) bond motifs is 1. The van der Waals surface area contributed by atoms with Gasteiger partial charge in [-0.15, -0.1) is 11.3 Å². The summed E-state index contributed by atoms with van der Waals surface area (Å²) in [7, 11) is 0. The number of hydrogen-bond acceptors (Lipinski definition) is 6. The summed E-state index contributed by atoms with van der Waals surface area (Å²) in [6.45, 7) is -2.52. The van der Waals surface area contributed by atoms with E-state index >= 15 is 0 Å². The zero-order valence-electron chi connectivity index (χ0n) is 13.3. The standard InChI is InChI=1S/C16H15BrClF2N3O2S/c17-13-11(4-8(21)7-24-16(19)20)25-15-10(5-12(18)23-14(13)15)22-6-9-2-1-3-26-9/h1-3,5,8,16H,4,6-7,21H2,(H,22,23)/t8-/m1/s1. The molecule has 10 heteroatoms. The molecular formula is C16H15BrClF2N3O2S. The topological polar surface area (TPSA) is 73.3 Å². The Labute approximate surface area is 165 Å². The van der Waals surface area contributed by atoms with E-state index in [9.17, 15) is 8.78 Å². The first-order valence-electron chi connectivity index (χ1n) is 7.63. The number of hydrogen-bond donors (Lipinski definition) is 2. The van der Waals surface area contributed by atoms with Gasteiger partial charge in [0.2, 0.25) is 0 Å². The van der Waals surface area contributed by atoms with E-state index in [4.69, 9.17) is 21.8 Å². The van der Waals surface area contributed by atoms with Gasteiger partial charge in [0.05, 0.1) is 16.8 Å². The highest BCUT2D eigenvalue weighted by molar-refractivity contribution is 9.10. The Morgan fingerprint density at radius 1 is 1.46 bits per heavy atom. The number of nitrogens with one attached hydrogen (secondary N) is 1. The molecule has 0 aliphatic carbocycles. The van der Waals surface area contributed by atoms with Crippen molar-refractivity contribution in [2.24, 2.45) is 5.73 Å². The molecule has 3 heterocycles. The van der Waals surface area contributed by atoms with Crippen LogP contribution in [0, 0.1) is 0 Å². The lowest BCUT2D eigenvalue weighted by Crippen LogP contribution is -2.29. The van der Waals surface area contributed by atoms with E-state index < -0.39 is 12.7 Å². The van der Waals surface area contributed by atoms with Gasteiger partial charge in [-0.2, -0.15) is 8.78 Å². The molecule has 0 saturated carbocycles. The number of pyridine rings is 1. The van der Waals surface area contributed by atoms with Crippen LogP contribution in [0.25, 0.3) is 11.1 Å². The van der Waals surface area contributed by atoms with Gasteiger partial charge in [-0.25, -0.2) is 4.98 Å². The fourth-order valence-corrected chi connectivity index (χ4v) is 3.76. The molecule has 0 bridgehead atoms. The molecular weight excluding hydrogens is 452 g/mol. The summed E-state index contributed by atoms with van der Waals surface area (Å²) >= 11 is 11.2. The van der Waals surface area contributed by atoms with Crippen LogP contribution in [0.5, 0.6) is 0 Å². The van der Waals surface area contributed by atoms with Crippen molar-refractivity contribution in [2.45, 2.75) is 25.6 Å². The first kappa shape index (κ1) is 19.5. The number of nitrogens with zero attached hydrogens (tertiary/aromatic N) is 1. The van der Waals surface area contributed by atoms with Gasteiger partial charge in [0.15, 0.2) is 5.58 Å². The first-order chi connectivity index (χ1) is 12.4. The molecule has 3 N–H and O–H groups in total. The van der Waals surface area contributed by atoms with Gasteiger partial charge in [-0.05, 0) is 27.4 Å². The second-order valence-electron chi connectivity index (χ2n) is 5.50. The van der Waals surface area contributed by atoms with Crippen LogP contribution in [-0.2, 0) is 17.7 Å². The van der Waals surface area contributed by atoms with Crippen molar-refractivity contribution in [1.29, 1.82) is 0 Å².